The fourth-order valence-corrected chi connectivity index (χ4v) is 1.69. The molecule has 0 aromatic heterocycles. The topological polar surface area (TPSA) is 12.0 Å². The summed E-state index contributed by atoms with van der Waals surface area (Å²) in [4.78, 5) is 0. The van der Waals surface area contributed by atoms with Crippen molar-refractivity contribution in [2.24, 2.45) is 17.8 Å². The van der Waals surface area contributed by atoms with Gasteiger partial charge >= 0.3 is 0 Å². The second-order valence-electron chi connectivity index (χ2n) is 4.74. The van der Waals surface area contributed by atoms with Crippen molar-refractivity contribution < 1.29 is 0 Å². The van der Waals surface area contributed by atoms with E-state index in [9.17, 15) is 0 Å². The molecule has 78 valence electrons. The summed E-state index contributed by atoms with van der Waals surface area (Å²) in [5.74, 6) is 2.30. The third kappa shape index (κ3) is 5.87. The summed E-state index contributed by atoms with van der Waals surface area (Å²) < 4.78 is 0. The van der Waals surface area contributed by atoms with Gasteiger partial charge in [0.2, 0.25) is 0 Å². The highest BCUT2D eigenvalue weighted by molar-refractivity contribution is 4.90. The van der Waals surface area contributed by atoms with E-state index in [-0.39, 0.29) is 0 Å². The number of nitrogens with one attached hydrogen (secondary N) is 1. The molecule has 0 aliphatic rings. The van der Waals surface area contributed by atoms with Gasteiger partial charge in [0.1, 0.15) is 0 Å². The second kappa shape index (κ2) is 6.20. The maximum Gasteiger partial charge on any atom is 0.0159 e. The van der Waals surface area contributed by atoms with E-state index in [4.69, 9.17) is 0 Å². The van der Waals surface area contributed by atoms with Crippen LogP contribution in [0.25, 0.3) is 0 Å². The Balaban J connectivity index is 3.77. The Hall–Kier alpha value is -0.300. The van der Waals surface area contributed by atoms with Gasteiger partial charge < -0.3 is 5.32 Å². The van der Waals surface area contributed by atoms with E-state index < -0.39 is 0 Å². The monoisotopic (exact) mass is 183 g/mol. The summed E-state index contributed by atoms with van der Waals surface area (Å²) in [6.45, 7) is 17.2. The Morgan fingerprint density at radius 3 is 1.92 bits per heavy atom. The molecule has 0 unspecified atom stereocenters. The zero-order valence-electron chi connectivity index (χ0n) is 9.85. The Morgan fingerprint density at radius 1 is 1.15 bits per heavy atom. The highest BCUT2D eigenvalue weighted by Crippen LogP contribution is 2.19. The first kappa shape index (κ1) is 12.7. The molecule has 0 bridgehead atoms. The zero-order chi connectivity index (χ0) is 10.4. The van der Waals surface area contributed by atoms with Gasteiger partial charge in [-0.3, -0.25) is 0 Å². The Bertz CT molecular complexity index is 139. The predicted molar refractivity (Wildman–Crippen MR) is 60.8 cm³/mol. The molecule has 0 aromatic carbocycles. The van der Waals surface area contributed by atoms with Crippen LogP contribution in [0, 0.1) is 17.8 Å². The van der Waals surface area contributed by atoms with Gasteiger partial charge in [-0.1, -0.05) is 39.8 Å². The van der Waals surface area contributed by atoms with Crippen LogP contribution in [0.15, 0.2) is 12.2 Å². The van der Waals surface area contributed by atoms with E-state index in [0.717, 1.165) is 30.8 Å². The Labute approximate surface area is 83.6 Å². The van der Waals surface area contributed by atoms with Crippen molar-refractivity contribution in [2.45, 2.75) is 34.6 Å². The molecule has 1 heteroatoms. The number of hydrogen-bond donors (Lipinski definition) is 1. The Morgan fingerprint density at radius 2 is 1.62 bits per heavy atom. The average Bonchev–Trinajstić information content (AvgIpc) is 1.95. The summed E-state index contributed by atoms with van der Waals surface area (Å²) in [6, 6.07) is 0. The molecule has 1 nitrogen and oxygen atoms in total. The molecule has 0 rings (SSSR count). The number of hydrogen-bond acceptors (Lipinski definition) is 1. The van der Waals surface area contributed by atoms with Crippen molar-refractivity contribution in [3.8, 4) is 0 Å². The quantitative estimate of drug-likeness (QED) is 0.624. The molecule has 0 spiro atoms. The minimum absolute atomic E-state index is 0.762. The lowest BCUT2D eigenvalue weighted by atomic mass is 9.85. The molecule has 0 amide bonds. The van der Waals surface area contributed by atoms with E-state index >= 15 is 0 Å². The van der Waals surface area contributed by atoms with Crippen molar-refractivity contribution in [3.05, 3.63) is 12.2 Å². The van der Waals surface area contributed by atoms with Crippen LogP contribution >= 0.6 is 0 Å². The molecule has 0 fully saturated rings. The molecule has 0 saturated carbocycles. The van der Waals surface area contributed by atoms with Crippen LogP contribution in [-0.4, -0.2) is 13.1 Å². The molecule has 0 aliphatic carbocycles. The SMILES string of the molecule is C=C(C)CNCC(C(C)C)C(C)C. The van der Waals surface area contributed by atoms with Crippen LogP contribution < -0.4 is 5.32 Å². The van der Waals surface area contributed by atoms with Gasteiger partial charge in [-0.15, -0.1) is 0 Å². The van der Waals surface area contributed by atoms with Gasteiger partial charge in [-0.25, -0.2) is 0 Å². The van der Waals surface area contributed by atoms with Crippen LogP contribution in [0.1, 0.15) is 34.6 Å². The highest BCUT2D eigenvalue weighted by atomic mass is 14.9. The molecular formula is C12H25N. The standard InChI is InChI=1S/C12H25N/c1-9(2)7-13-8-12(10(3)4)11(5)6/h10-13H,1,7-8H2,2-6H3. The van der Waals surface area contributed by atoms with Crippen LogP contribution in [0.2, 0.25) is 0 Å². The maximum absolute atomic E-state index is 3.88. The van der Waals surface area contributed by atoms with Gasteiger partial charge in [0.05, 0.1) is 0 Å². The summed E-state index contributed by atoms with van der Waals surface area (Å²) in [7, 11) is 0. The predicted octanol–water partition coefficient (Wildman–Crippen LogP) is 3.08. The highest BCUT2D eigenvalue weighted by Gasteiger charge is 2.16. The first-order valence-electron chi connectivity index (χ1n) is 5.30. The number of rotatable bonds is 6. The molecule has 0 saturated heterocycles. The molecule has 13 heavy (non-hydrogen) atoms. The second-order valence-corrected chi connectivity index (χ2v) is 4.74. The lowest BCUT2D eigenvalue weighted by molar-refractivity contribution is 0.279. The molecule has 0 atom stereocenters. The first-order valence-corrected chi connectivity index (χ1v) is 5.30. The van der Waals surface area contributed by atoms with Crippen molar-refractivity contribution in [1.82, 2.24) is 5.32 Å². The maximum atomic E-state index is 3.88. The minimum Gasteiger partial charge on any atom is -0.313 e. The Kier molecular flexibility index (Phi) is 6.06. The summed E-state index contributed by atoms with van der Waals surface area (Å²) in [5, 5.41) is 3.45. The molecule has 0 radical (unpaired) electrons. The van der Waals surface area contributed by atoms with E-state index in [0.29, 0.717) is 0 Å². The van der Waals surface area contributed by atoms with Gasteiger partial charge in [0.25, 0.3) is 0 Å². The molecule has 0 aromatic rings. The van der Waals surface area contributed by atoms with Crippen molar-refractivity contribution in [3.63, 3.8) is 0 Å². The molecule has 0 aliphatic heterocycles. The van der Waals surface area contributed by atoms with E-state index in [1.807, 2.05) is 0 Å². The summed E-state index contributed by atoms with van der Waals surface area (Å²) in [6.07, 6.45) is 0. The van der Waals surface area contributed by atoms with E-state index in [1.165, 1.54) is 5.57 Å². The van der Waals surface area contributed by atoms with Crippen molar-refractivity contribution in [1.29, 1.82) is 0 Å². The lowest BCUT2D eigenvalue weighted by Crippen LogP contribution is -2.30. The van der Waals surface area contributed by atoms with Crippen LogP contribution in [0.4, 0.5) is 0 Å². The van der Waals surface area contributed by atoms with Gasteiger partial charge in [-0.2, -0.15) is 0 Å². The first-order chi connectivity index (χ1) is 5.95. The van der Waals surface area contributed by atoms with Crippen LogP contribution in [0.3, 0.4) is 0 Å². The van der Waals surface area contributed by atoms with Crippen molar-refractivity contribution in [2.75, 3.05) is 13.1 Å². The fourth-order valence-electron chi connectivity index (χ4n) is 1.69. The largest absolute Gasteiger partial charge is 0.313 e. The van der Waals surface area contributed by atoms with Gasteiger partial charge in [-0.05, 0) is 31.2 Å². The smallest absolute Gasteiger partial charge is 0.0159 e. The summed E-state index contributed by atoms with van der Waals surface area (Å²) in [5.41, 5.74) is 1.21. The molecular weight excluding hydrogens is 158 g/mol. The fraction of sp³-hybridized carbons (Fsp3) is 0.833. The van der Waals surface area contributed by atoms with Crippen LogP contribution in [0.5, 0.6) is 0 Å². The minimum atomic E-state index is 0.762. The van der Waals surface area contributed by atoms with Gasteiger partial charge in [0.15, 0.2) is 0 Å². The average molecular weight is 183 g/mol. The third-order valence-corrected chi connectivity index (χ3v) is 2.52. The van der Waals surface area contributed by atoms with Gasteiger partial charge in [0, 0.05) is 6.54 Å². The van der Waals surface area contributed by atoms with Crippen LogP contribution in [-0.2, 0) is 0 Å². The van der Waals surface area contributed by atoms with E-state index in [1.54, 1.807) is 0 Å². The third-order valence-electron chi connectivity index (χ3n) is 2.52. The summed E-state index contributed by atoms with van der Waals surface area (Å²) >= 11 is 0. The lowest BCUT2D eigenvalue weighted by Gasteiger charge is -2.25. The normalized spacial score (nSPS) is 11.7. The zero-order valence-corrected chi connectivity index (χ0v) is 9.85. The van der Waals surface area contributed by atoms with Crippen molar-refractivity contribution >= 4 is 0 Å². The van der Waals surface area contributed by atoms with E-state index in [2.05, 4.69) is 46.5 Å². The molecule has 1 N–H and O–H groups in total. The molecule has 0 heterocycles.